The molecule has 0 saturated carbocycles. The van der Waals surface area contributed by atoms with Gasteiger partial charge in [0.1, 0.15) is 12.7 Å². The molecule has 0 aliphatic heterocycles. The van der Waals surface area contributed by atoms with Gasteiger partial charge < -0.3 is 10.6 Å². The summed E-state index contributed by atoms with van der Waals surface area (Å²) >= 11 is 7.62. The summed E-state index contributed by atoms with van der Waals surface area (Å²) in [5.74, 6) is 0. The second kappa shape index (κ2) is 9.11. The fourth-order valence-corrected chi connectivity index (χ4v) is 4.07. The van der Waals surface area contributed by atoms with Crippen LogP contribution in [0.2, 0.25) is 5.02 Å². The fraction of sp³-hybridized carbons (Fsp3) is 0.136. The minimum absolute atomic E-state index is 0.163. The van der Waals surface area contributed by atoms with E-state index in [1.165, 1.54) is 6.33 Å². The van der Waals surface area contributed by atoms with Crippen molar-refractivity contribution < 1.29 is 4.79 Å². The first-order chi connectivity index (χ1) is 14.6. The largest absolute Gasteiger partial charge is 0.332 e. The molecule has 4 rings (SSSR count). The molecule has 0 aliphatic rings. The van der Waals surface area contributed by atoms with Crippen molar-refractivity contribution in [1.29, 1.82) is 0 Å². The Morgan fingerprint density at radius 2 is 1.77 bits per heavy atom. The summed E-state index contributed by atoms with van der Waals surface area (Å²) in [7, 11) is 0. The zero-order valence-corrected chi connectivity index (χ0v) is 17.8. The average Bonchev–Trinajstić information content (AvgIpc) is 3.47. The lowest BCUT2D eigenvalue weighted by Crippen LogP contribution is -2.39. The Balaban J connectivity index is 1.44. The molecule has 2 unspecified atom stereocenters. The molecule has 0 radical (unpaired) electrons. The Bertz CT molecular complexity index is 1080. The number of nitrogens with one attached hydrogen (secondary N) is 2. The number of nitrogens with zero attached hydrogens (tertiary/aromatic N) is 3. The second-order valence-electron chi connectivity index (χ2n) is 6.77. The predicted molar refractivity (Wildman–Crippen MR) is 119 cm³/mol. The number of benzene rings is 2. The number of halogens is 1. The third-order valence-electron chi connectivity index (χ3n) is 4.73. The molecule has 6 nitrogen and oxygen atoms in total. The summed E-state index contributed by atoms with van der Waals surface area (Å²) in [6, 6.07) is 18.7. The highest BCUT2D eigenvalue weighted by Crippen LogP contribution is 2.27. The monoisotopic (exact) mass is 437 g/mol. The lowest BCUT2D eigenvalue weighted by atomic mass is 10.1. The first-order valence-electron chi connectivity index (χ1n) is 9.41. The van der Waals surface area contributed by atoms with Crippen LogP contribution in [0.5, 0.6) is 0 Å². The Kier molecular flexibility index (Phi) is 6.11. The minimum atomic E-state index is -0.246. The van der Waals surface area contributed by atoms with Crippen molar-refractivity contribution in [3.8, 4) is 5.69 Å². The van der Waals surface area contributed by atoms with Gasteiger partial charge in [0.15, 0.2) is 0 Å². The molecule has 2 atom stereocenters. The van der Waals surface area contributed by atoms with Gasteiger partial charge >= 0.3 is 6.03 Å². The van der Waals surface area contributed by atoms with Gasteiger partial charge in [-0.3, -0.25) is 0 Å². The third kappa shape index (κ3) is 4.69. The molecule has 0 aliphatic carbocycles. The number of rotatable bonds is 6. The first-order valence-corrected chi connectivity index (χ1v) is 10.7. The highest BCUT2D eigenvalue weighted by Gasteiger charge is 2.19. The fourth-order valence-electron chi connectivity index (χ4n) is 3.14. The van der Waals surface area contributed by atoms with E-state index in [0.717, 1.165) is 21.7 Å². The number of hydrogen-bond donors (Lipinski definition) is 2. The third-order valence-corrected chi connectivity index (χ3v) is 5.92. The molecule has 2 aromatic heterocycles. The maximum atomic E-state index is 12.8. The normalized spacial score (nSPS) is 12.9. The van der Waals surface area contributed by atoms with E-state index in [0.29, 0.717) is 5.02 Å². The highest BCUT2D eigenvalue weighted by atomic mass is 35.5. The van der Waals surface area contributed by atoms with Crippen LogP contribution in [0.3, 0.4) is 0 Å². The van der Waals surface area contributed by atoms with E-state index in [1.807, 2.05) is 73.0 Å². The number of carbonyl (C=O) groups is 1. The molecule has 0 fully saturated rings. The minimum Gasteiger partial charge on any atom is -0.332 e. The smallest absolute Gasteiger partial charge is 0.316 e. The standard InChI is InChI=1S/C22H20ClN5OS/c1-15(16-6-10-19(11-7-16)28-14-24-13-25-28)26-22(29)27-21(20-3-2-12-30-20)17-4-8-18(23)9-5-17/h2-15,21H,1H3,(H2,26,27,29). The van der Waals surface area contributed by atoms with Crippen molar-refractivity contribution in [2.24, 2.45) is 0 Å². The Labute approximate surface area is 183 Å². The van der Waals surface area contributed by atoms with Crippen molar-refractivity contribution in [2.45, 2.75) is 19.0 Å². The van der Waals surface area contributed by atoms with E-state index in [-0.39, 0.29) is 18.1 Å². The molecule has 0 bridgehead atoms. The topological polar surface area (TPSA) is 71.8 Å². The van der Waals surface area contributed by atoms with Crippen molar-refractivity contribution in [3.05, 3.63) is 99.7 Å². The van der Waals surface area contributed by atoms with Crippen LogP contribution in [-0.4, -0.2) is 20.8 Å². The molecule has 2 N–H and O–H groups in total. The lowest BCUT2D eigenvalue weighted by Gasteiger charge is -2.21. The SMILES string of the molecule is CC(NC(=O)NC(c1ccc(Cl)cc1)c1cccs1)c1ccc(-n2cncn2)cc1. The summed E-state index contributed by atoms with van der Waals surface area (Å²) in [6.45, 7) is 1.95. The number of aromatic nitrogens is 3. The number of hydrogen-bond acceptors (Lipinski definition) is 4. The number of amides is 2. The molecule has 152 valence electrons. The van der Waals surface area contributed by atoms with Crippen LogP contribution in [0, 0.1) is 0 Å². The summed E-state index contributed by atoms with van der Waals surface area (Å²) in [5, 5.41) is 12.9. The second-order valence-corrected chi connectivity index (χ2v) is 8.19. The van der Waals surface area contributed by atoms with Gasteiger partial charge in [-0.25, -0.2) is 14.5 Å². The molecule has 0 saturated heterocycles. The summed E-state index contributed by atoms with van der Waals surface area (Å²) in [6.07, 6.45) is 3.14. The van der Waals surface area contributed by atoms with Crippen LogP contribution in [0.15, 0.2) is 78.7 Å². The predicted octanol–water partition coefficient (Wildman–Crippen LogP) is 5.13. The molecule has 2 aromatic carbocycles. The number of urea groups is 1. The molecular formula is C22H20ClN5OS. The summed E-state index contributed by atoms with van der Waals surface area (Å²) < 4.78 is 1.69. The van der Waals surface area contributed by atoms with Crippen LogP contribution in [0.4, 0.5) is 4.79 Å². The van der Waals surface area contributed by atoms with Crippen LogP contribution in [0.1, 0.15) is 35.0 Å². The maximum Gasteiger partial charge on any atom is 0.316 e. The van der Waals surface area contributed by atoms with E-state index in [1.54, 1.807) is 22.3 Å². The van der Waals surface area contributed by atoms with E-state index < -0.39 is 0 Å². The van der Waals surface area contributed by atoms with E-state index in [4.69, 9.17) is 11.6 Å². The molecule has 30 heavy (non-hydrogen) atoms. The molecule has 0 spiro atoms. The van der Waals surface area contributed by atoms with Crippen LogP contribution >= 0.6 is 22.9 Å². The van der Waals surface area contributed by atoms with Crippen LogP contribution in [0.25, 0.3) is 5.69 Å². The lowest BCUT2D eigenvalue weighted by molar-refractivity contribution is 0.236. The van der Waals surface area contributed by atoms with Gasteiger partial charge in [-0.05, 0) is 53.8 Å². The van der Waals surface area contributed by atoms with Gasteiger partial charge in [0.2, 0.25) is 0 Å². The van der Waals surface area contributed by atoms with Crippen LogP contribution < -0.4 is 10.6 Å². The summed E-state index contributed by atoms with van der Waals surface area (Å²) in [4.78, 5) is 17.8. The quantitative estimate of drug-likeness (QED) is 0.439. The Morgan fingerprint density at radius 3 is 2.40 bits per heavy atom. The molecule has 4 aromatic rings. The zero-order valence-electron chi connectivity index (χ0n) is 16.2. The maximum absolute atomic E-state index is 12.8. The van der Waals surface area contributed by atoms with Gasteiger partial charge in [-0.1, -0.05) is 41.9 Å². The van der Waals surface area contributed by atoms with Gasteiger partial charge in [-0.15, -0.1) is 11.3 Å². The Morgan fingerprint density at radius 1 is 1.03 bits per heavy atom. The molecule has 2 heterocycles. The van der Waals surface area contributed by atoms with Gasteiger partial charge in [0, 0.05) is 9.90 Å². The van der Waals surface area contributed by atoms with Gasteiger partial charge in [-0.2, -0.15) is 5.10 Å². The summed E-state index contributed by atoms with van der Waals surface area (Å²) in [5.41, 5.74) is 2.88. The molecule has 8 heteroatoms. The van der Waals surface area contributed by atoms with E-state index in [9.17, 15) is 4.79 Å². The van der Waals surface area contributed by atoms with Crippen molar-refractivity contribution in [1.82, 2.24) is 25.4 Å². The van der Waals surface area contributed by atoms with Gasteiger partial charge in [0.05, 0.1) is 17.8 Å². The Hall–Kier alpha value is -3.16. The van der Waals surface area contributed by atoms with Crippen LogP contribution in [-0.2, 0) is 0 Å². The van der Waals surface area contributed by atoms with Crippen molar-refractivity contribution in [2.75, 3.05) is 0 Å². The zero-order chi connectivity index (χ0) is 20.9. The van der Waals surface area contributed by atoms with Crippen molar-refractivity contribution in [3.63, 3.8) is 0 Å². The molecule has 2 amide bonds. The van der Waals surface area contributed by atoms with E-state index >= 15 is 0 Å². The molecular weight excluding hydrogens is 418 g/mol. The highest BCUT2D eigenvalue weighted by molar-refractivity contribution is 7.10. The van der Waals surface area contributed by atoms with E-state index in [2.05, 4.69) is 20.7 Å². The average molecular weight is 438 g/mol. The number of carbonyl (C=O) groups excluding carboxylic acids is 1. The van der Waals surface area contributed by atoms with Crippen molar-refractivity contribution >= 4 is 29.0 Å². The first kappa shape index (κ1) is 20.1. The number of thiophene rings is 1. The van der Waals surface area contributed by atoms with Gasteiger partial charge in [0.25, 0.3) is 0 Å².